The number of rotatable bonds is 2. The number of carbonyl (C=O) groups excluding carboxylic acids is 1. The third-order valence-electron chi connectivity index (χ3n) is 3.24. The summed E-state index contributed by atoms with van der Waals surface area (Å²) in [5.41, 5.74) is 2.76. The van der Waals surface area contributed by atoms with E-state index in [-0.39, 0.29) is 12.7 Å². The lowest BCUT2D eigenvalue weighted by atomic mass is 10.0. The molecule has 0 N–H and O–H groups in total. The molecule has 0 saturated heterocycles. The van der Waals surface area contributed by atoms with E-state index in [1.165, 1.54) is 0 Å². The molecule has 0 aromatic heterocycles. The molecule has 0 aliphatic carbocycles. The maximum Gasteiger partial charge on any atom is 0.253 e. The van der Waals surface area contributed by atoms with Gasteiger partial charge in [-0.15, -0.1) is 0 Å². The molecule has 1 amide bonds. The molecule has 0 saturated carbocycles. The lowest BCUT2D eigenvalue weighted by molar-refractivity contribution is 0.0827. The minimum atomic E-state index is 0.00207. The van der Waals surface area contributed by atoms with Crippen LogP contribution >= 0.6 is 0 Å². The molecule has 0 fully saturated rings. The second-order valence-electron chi connectivity index (χ2n) is 4.84. The smallest absolute Gasteiger partial charge is 0.253 e. The standard InChI is InChI=1S/C16H15NO3/c1-17(2)16(18)12-5-3-11(4-6-12)13-7-8-14-15(9-13)20-10-19-14/h3-9H,10H2,1-2H3. The van der Waals surface area contributed by atoms with E-state index in [0.29, 0.717) is 5.56 Å². The second-order valence-corrected chi connectivity index (χ2v) is 4.84. The topological polar surface area (TPSA) is 38.8 Å². The van der Waals surface area contributed by atoms with Gasteiger partial charge in [0.2, 0.25) is 6.79 Å². The van der Waals surface area contributed by atoms with Crippen LogP contribution in [0.5, 0.6) is 11.5 Å². The normalized spacial score (nSPS) is 12.3. The lowest BCUT2D eigenvalue weighted by Gasteiger charge is -2.10. The molecule has 3 rings (SSSR count). The fraction of sp³-hybridized carbons (Fsp3) is 0.188. The van der Waals surface area contributed by atoms with E-state index in [1.807, 2.05) is 42.5 Å². The van der Waals surface area contributed by atoms with E-state index in [4.69, 9.17) is 9.47 Å². The highest BCUT2D eigenvalue weighted by Crippen LogP contribution is 2.35. The molecule has 20 heavy (non-hydrogen) atoms. The van der Waals surface area contributed by atoms with E-state index in [1.54, 1.807) is 19.0 Å². The molecule has 102 valence electrons. The molecule has 1 aliphatic rings. The van der Waals surface area contributed by atoms with Gasteiger partial charge in [-0.25, -0.2) is 0 Å². The summed E-state index contributed by atoms with van der Waals surface area (Å²) in [7, 11) is 3.49. The van der Waals surface area contributed by atoms with Crippen molar-refractivity contribution in [3.63, 3.8) is 0 Å². The Labute approximate surface area is 117 Å². The van der Waals surface area contributed by atoms with Crippen LogP contribution in [0, 0.1) is 0 Å². The van der Waals surface area contributed by atoms with Gasteiger partial charge < -0.3 is 14.4 Å². The van der Waals surface area contributed by atoms with Gasteiger partial charge in [0.05, 0.1) is 0 Å². The van der Waals surface area contributed by atoms with Crippen LogP contribution in [-0.2, 0) is 0 Å². The highest BCUT2D eigenvalue weighted by atomic mass is 16.7. The largest absolute Gasteiger partial charge is 0.454 e. The summed E-state index contributed by atoms with van der Waals surface area (Å²) in [5, 5.41) is 0. The van der Waals surface area contributed by atoms with Crippen molar-refractivity contribution in [3.8, 4) is 22.6 Å². The van der Waals surface area contributed by atoms with Gasteiger partial charge in [-0.05, 0) is 35.4 Å². The molecule has 2 aromatic rings. The fourth-order valence-corrected chi connectivity index (χ4v) is 2.14. The van der Waals surface area contributed by atoms with E-state index in [0.717, 1.165) is 22.6 Å². The molecule has 4 nitrogen and oxygen atoms in total. The second kappa shape index (κ2) is 4.89. The van der Waals surface area contributed by atoms with Gasteiger partial charge in [0.1, 0.15) is 0 Å². The third-order valence-corrected chi connectivity index (χ3v) is 3.24. The fourth-order valence-electron chi connectivity index (χ4n) is 2.14. The first-order chi connectivity index (χ1) is 9.65. The van der Waals surface area contributed by atoms with Gasteiger partial charge in [-0.2, -0.15) is 0 Å². The van der Waals surface area contributed by atoms with Crippen molar-refractivity contribution < 1.29 is 14.3 Å². The highest BCUT2D eigenvalue weighted by molar-refractivity contribution is 5.94. The molecule has 2 aromatic carbocycles. The van der Waals surface area contributed by atoms with Crippen LogP contribution in [0.2, 0.25) is 0 Å². The summed E-state index contributed by atoms with van der Waals surface area (Å²) in [6.45, 7) is 0.273. The highest BCUT2D eigenvalue weighted by Gasteiger charge is 2.14. The summed E-state index contributed by atoms with van der Waals surface area (Å²) >= 11 is 0. The Morgan fingerprint density at radius 3 is 2.30 bits per heavy atom. The molecule has 0 bridgehead atoms. The van der Waals surface area contributed by atoms with Crippen molar-refractivity contribution in [2.24, 2.45) is 0 Å². The van der Waals surface area contributed by atoms with Crippen LogP contribution in [0.25, 0.3) is 11.1 Å². The average Bonchev–Trinajstić information content (AvgIpc) is 2.94. The van der Waals surface area contributed by atoms with Crippen molar-refractivity contribution in [2.75, 3.05) is 20.9 Å². The Kier molecular flexibility index (Phi) is 3.06. The first-order valence-electron chi connectivity index (χ1n) is 6.37. The zero-order valence-electron chi connectivity index (χ0n) is 11.4. The summed E-state index contributed by atoms with van der Waals surface area (Å²) < 4.78 is 10.7. The maximum atomic E-state index is 11.8. The number of ether oxygens (including phenoxy) is 2. The Morgan fingerprint density at radius 2 is 1.60 bits per heavy atom. The SMILES string of the molecule is CN(C)C(=O)c1ccc(-c2ccc3c(c2)OCO3)cc1. The summed E-state index contributed by atoms with van der Waals surface area (Å²) in [4.78, 5) is 13.4. The van der Waals surface area contributed by atoms with E-state index >= 15 is 0 Å². The van der Waals surface area contributed by atoms with Gasteiger partial charge in [-0.3, -0.25) is 4.79 Å². The van der Waals surface area contributed by atoms with Crippen LogP contribution in [0.1, 0.15) is 10.4 Å². The van der Waals surface area contributed by atoms with Gasteiger partial charge in [-0.1, -0.05) is 18.2 Å². The van der Waals surface area contributed by atoms with E-state index in [9.17, 15) is 4.79 Å². The number of nitrogens with zero attached hydrogens (tertiary/aromatic N) is 1. The third kappa shape index (κ3) is 2.20. The average molecular weight is 269 g/mol. The van der Waals surface area contributed by atoms with E-state index < -0.39 is 0 Å². The van der Waals surface area contributed by atoms with Crippen molar-refractivity contribution in [1.29, 1.82) is 0 Å². The van der Waals surface area contributed by atoms with Gasteiger partial charge >= 0.3 is 0 Å². The van der Waals surface area contributed by atoms with Crippen molar-refractivity contribution in [1.82, 2.24) is 4.90 Å². The number of hydrogen-bond donors (Lipinski definition) is 0. The zero-order valence-corrected chi connectivity index (χ0v) is 11.4. The quantitative estimate of drug-likeness (QED) is 0.841. The summed E-state index contributed by atoms with van der Waals surface area (Å²) in [6.07, 6.45) is 0. The predicted octanol–water partition coefficient (Wildman–Crippen LogP) is 2.78. The molecule has 0 atom stereocenters. The zero-order chi connectivity index (χ0) is 14.1. The van der Waals surface area contributed by atoms with Crippen LogP contribution in [-0.4, -0.2) is 31.7 Å². The van der Waals surface area contributed by atoms with Crippen molar-refractivity contribution in [2.45, 2.75) is 0 Å². The van der Waals surface area contributed by atoms with Crippen LogP contribution in [0.3, 0.4) is 0 Å². The number of benzene rings is 2. The molecule has 0 spiro atoms. The van der Waals surface area contributed by atoms with Gasteiger partial charge in [0, 0.05) is 19.7 Å². The predicted molar refractivity (Wildman–Crippen MR) is 76.0 cm³/mol. The Bertz CT molecular complexity index is 647. The van der Waals surface area contributed by atoms with Gasteiger partial charge in [0.15, 0.2) is 11.5 Å². The molecule has 0 unspecified atom stereocenters. The Hall–Kier alpha value is -2.49. The molecule has 1 aliphatic heterocycles. The lowest BCUT2D eigenvalue weighted by Crippen LogP contribution is -2.21. The van der Waals surface area contributed by atoms with Crippen LogP contribution in [0.4, 0.5) is 0 Å². The van der Waals surface area contributed by atoms with Crippen molar-refractivity contribution >= 4 is 5.91 Å². The maximum absolute atomic E-state index is 11.8. The first kappa shape index (κ1) is 12.5. The molecule has 0 radical (unpaired) electrons. The van der Waals surface area contributed by atoms with Crippen molar-refractivity contribution in [3.05, 3.63) is 48.0 Å². The Balaban J connectivity index is 1.90. The summed E-state index contributed by atoms with van der Waals surface area (Å²) in [6, 6.07) is 13.4. The van der Waals surface area contributed by atoms with Crippen LogP contribution < -0.4 is 9.47 Å². The number of fused-ring (bicyclic) bond motifs is 1. The molecular formula is C16H15NO3. The number of carbonyl (C=O) groups is 1. The molecular weight excluding hydrogens is 254 g/mol. The minimum absolute atomic E-state index is 0.00207. The summed E-state index contributed by atoms with van der Waals surface area (Å²) in [5.74, 6) is 1.53. The van der Waals surface area contributed by atoms with E-state index in [2.05, 4.69) is 0 Å². The van der Waals surface area contributed by atoms with Crippen LogP contribution in [0.15, 0.2) is 42.5 Å². The first-order valence-corrected chi connectivity index (χ1v) is 6.37. The monoisotopic (exact) mass is 269 g/mol. The molecule has 1 heterocycles. The molecule has 4 heteroatoms. The Morgan fingerprint density at radius 1 is 0.950 bits per heavy atom. The van der Waals surface area contributed by atoms with Gasteiger partial charge in [0.25, 0.3) is 5.91 Å². The number of hydrogen-bond acceptors (Lipinski definition) is 3. The minimum Gasteiger partial charge on any atom is -0.454 e. The number of amides is 1.